The Morgan fingerprint density at radius 2 is 2.00 bits per heavy atom. The van der Waals surface area contributed by atoms with E-state index in [1.54, 1.807) is 12.1 Å². The van der Waals surface area contributed by atoms with Gasteiger partial charge in [-0.05, 0) is 31.9 Å². The monoisotopic (exact) mass is 339 g/mol. The highest BCUT2D eigenvalue weighted by molar-refractivity contribution is 7.89. The predicted octanol–water partition coefficient (Wildman–Crippen LogP) is 1.66. The molecule has 23 heavy (non-hydrogen) atoms. The lowest BCUT2D eigenvalue weighted by Crippen LogP contribution is -2.43. The van der Waals surface area contributed by atoms with E-state index in [1.807, 2.05) is 0 Å². The lowest BCUT2D eigenvalue weighted by Gasteiger charge is -2.33. The molecule has 3 rings (SSSR count). The van der Waals surface area contributed by atoms with Gasteiger partial charge in [0, 0.05) is 24.6 Å². The number of Topliss-reactive ketones (excluding diaryl/α,β-unsaturated/α-hetero) is 1. The molecule has 0 aromatic heterocycles. The third-order valence-electron chi connectivity index (χ3n) is 4.33. The fourth-order valence-corrected chi connectivity index (χ4v) is 4.67. The van der Waals surface area contributed by atoms with Crippen molar-refractivity contribution in [2.45, 2.75) is 31.0 Å². The van der Waals surface area contributed by atoms with Crippen LogP contribution in [0, 0.1) is 5.92 Å². The molecule has 0 unspecified atom stereocenters. The van der Waals surface area contributed by atoms with Gasteiger partial charge in [-0.1, -0.05) is 12.1 Å². The Morgan fingerprint density at radius 3 is 2.70 bits per heavy atom. The second kappa shape index (κ2) is 6.68. The van der Waals surface area contributed by atoms with Gasteiger partial charge < -0.3 is 9.47 Å². The third-order valence-corrected chi connectivity index (χ3v) is 6.19. The van der Waals surface area contributed by atoms with E-state index in [-0.39, 0.29) is 22.9 Å². The molecule has 0 spiro atoms. The van der Waals surface area contributed by atoms with Crippen LogP contribution in [0.3, 0.4) is 0 Å². The van der Waals surface area contributed by atoms with Crippen LogP contribution in [0.5, 0.6) is 0 Å². The highest BCUT2D eigenvalue weighted by Crippen LogP contribution is 2.28. The molecule has 0 radical (unpaired) electrons. The minimum atomic E-state index is -3.61. The summed E-state index contributed by atoms with van der Waals surface area (Å²) in [6, 6.07) is 6.21. The zero-order valence-electron chi connectivity index (χ0n) is 13.1. The van der Waals surface area contributed by atoms with Crippen LogP contribution in [0.25, 0.3) is 0 Å². The fraction of sp³-hybridized carbons (Fsp3) is 0.562. The predicted molar refractivity (Wildman–Crippen MR) is 83.6 cm³/mol. The number of carbonyl (C=O) groups is 1. The minimum absolute atomic E-state index is 0.0528. The van der Waals surface area contributed by atoms with E-state index in [9.17, 15) is 13.2 Å². The maximum absolute atomic E-state index is 12.9. The fourth-order valence-electron chi connectivity index (χ4n) is 3.09. The Hall–Kier alpha value is -1.28. The molecular weight excluding hydrogens is 318 g/mol. The third kappa shape index (κ3) is 3.47. The maximum atomic E-state index is 12.9. The van der Waals surface area contributed by atoms with Gasteiger partial charge in [-0.3, -0.25) is 4.79 Å². The van der Waals surface area contributed by atoms with Crippen molar-refractivity contribution in [2.75, 3.05) is 26.3 Å². The zero-order valence-corrected chi connectivity index (χ0v) is 13.9. The number of hydrogen-bond donors (Lipinski definition) is 0. The van der Waals surface area contributed by atoms with Gasteiger partial charge in [-0.25, -0.2) is 8.42 Å². The zero-order chi connectivity index (χ0) is 16.4. The van der Waals surface area contributed by atoms with Crippen LogP contribution in [0.2, 0.25) is 0 Å². The van der Waals surface area contributed by atoms with Crippen molar-refractivity contribution in [3.8, 4) is 0 Å². The number of hydrogen-bond acceptors (Lipinski definition) is 5. The van der Waals surface area contributed by atoms with Crippen LogP contribution in [-0.4, -0.2) is 51.1 Å². The van der Waals surface area contributed by atoms with Crippen molar-refractivity contribution in [1.82, 2.24) is 4.31 Å². The number of benzene rings is 1. The second-order valence-corrected chi connectivity index (χ2v) is 7.90. The largest absolute Gasteiger partial charge is 0.350 e. The van der Waals surface area contributed by atoms with Gasteiger partial charge in [-0.2, -0.15) is 4.31 Å². The Kier molecular flexibility index (Phi) is 4.82. The van der Waals surface area contributed by atoms with Gasteiger partial charge in [0.1, 0.15) is 0 Å². The minimum Gasteiger partial charge on any atom is -0.350 e. The molecule has 2 aliphatic rings. The lowest BCUT2D eigenvalue weighted by molar-refractivity contribution is -0.0940. The molecular formula is C16H21NO5S. The van der Waals surface area contributed by atoms with Crippen LogP contribution in [-0.2, 0) is 19.5 Å². The van der Waals surface area contributed by atoms with Crippen molar-refractivity contribution in [3.05, 3.63) is 29.8 Å². The molecule has 2 saturated heterocycles. The van der Waals surface area contributed by atoms with E-state index < -0.39 is 10.0 Å². The van der Waals surface area contributed by atoms with Gasteiger partial charge in [0.05, 0.1) is 18.1 Å². The van der Waals surface area contributed by atoms with Gasteiger partial charge in [0.2, 0.25) is 10.0 Å². The molecule has 7 heteroatoms. The van der Waals surface area contributed by atoms with Crippen LogP contribution in [0.4, 0.5) is 0 Å². The average molecular weight is 339 g/mol. The van der Waals surface area contributed by atoms with Gasteiger partial charge >= 0.3 is 0 Å². The molecule has 2 aliphatic heterocycles. The Labute approximate surface area is 136 Å². The smallest absolute Gasteiger partial charge is 0.243 e. The standard InChI is InChI=1S/C16H21NO5S/c1-12(18)13-4-2-6-15(10-13)23(19,20)17-7-3-5-14(11-17)16-21-8-9-22-16/h2,4,6,10,14,16H,3,5,7-9,11H2,1H3/t14-/m1/s1. The average Bonchev–Trinajstić information content (AvgIpc) is 3.09. The molecule has 6 nitrogen and oxygen atoms in total. The number of ether oxygens (including phenoxy) is 2. The van der Waals surface area contributed by atoms with Crippen molar-refractivity contribution in [3.63, 3.8) is 0 Å². The van der Waals surface area contributed by atoms with Crippen molar-refractivity contribution >= 4 is 15.8 Å². The molecule has 0 bridgehead atoms. The van der Waals surface area contributed by atoms with Crippen LogP contribution in [0.15, 0.2) is 29.2 Å². The van der Waals surface area contributed by atoms with Crippen LogP contribution < -0.4 is 0 Å². The summed E-state index contributed by atoms with van der Waals surface area (Å²) in [4.78, 5) is 11.7. The van der Waals surface area contributed by atoms with Crippen molar-refractivity contribution in [2.24, 2.45) is 5.92 Å². The Bertz CT molecular complexity index is 681. The number of nitrogens with zero attached hydrogens (tertiary/aromatic N) is 1. The Balaban J connectivity index is 1.81. The van der Waals surface area contributed by atoms with E-state index in [0.29, 0.717) is 31.9 Å². The molecule has 126 valence electrons. The van der Waals surface area contributed by atoms with Crippen molar-refractivity contribution < 1.29 is 22.7 Å². The normalized spacial score (nSPS) is 24.0. The first kappa shape index (κ1) is 16.6. The number of sulfonamides is 1. The summed E-state index contributed by atoms with van der Waals surface area (Å²) in [6.45, 7) is 3.42. The van der Waals surface area contributed by atoms with E-state index in [1.165, 1.54) is 23.4 Å². The van der Waals surface area contributed by atoms with E-state index in [2.05, 4.69) is 0 Å². The molecule has 1 atom stereocenters. The van der Waals surface area contributed by atoms with E-state index in [4.69, 9.17) is 9.47 Å². The van der Waals surface area contributed by atoms with Gasteiger partial charge in [-0.15, -0.1) is 0 Å². The number of ketones is 1. The number of rotatable bonds is 4. The van der Waals surface area contributed by atoms with Gasteiger partial charge in [0.25, 0.3) is 0 Å². The summed E-state index contributed by atoms with van der Waals surface area (Å²) in [6.07, 6.45) is 1.36. The van der Waals surface area contributed by atoms with Crippen molar-refractivity contribution in [1.29, 1.82) is 0 Å². The quantitative estimate of drug-likeness (QED) is 0.780. The number of piperidine rings is 1. The molecule has 0 aliphatic carbocycles. The van der Waals surface area contributed by atoms with Crippen LogP contribution >= 0.6 is 0 Å². The first-order valence-corrected chi connectivity index (χ1v) is 9.27. The number of carbonyl (C=O) groups excluding carboxylic acids is 1. The van der Waals surface area contributed by atoms with Crippen LogP contribution in [0.1, 0.15) is 30.1 Å². The highest BCUT2D eigenvalue weighted by Gasteiger charge is 2.36. The molecule has 2 heterocycles. The molecule has 0 N–H and O–H groups in total. The Morgan fingerprint density at radius 1 is 1.26 bits per heavy atom. The summed E-state index contributed by atoms with van der Waals surface area (Å²) in [5, 5.41) is 0. The first-order valence-electron chi connectivity index (χ1n) is 7.83. The first-order chi connectivity index (χ1) is 11.0. The second-order valence-electron chi connectivity index (χ2n) is 5.96. The summed E-state index contributed by atoms with van der Waals surface area (Å²) < 4.78 is 38.2. The summed E-state index contributed by atoms with van der Waals surface area (Å²) in [7, 11) is -3.61. The molecule has 1 aromatic carbocycles. The summed E-state index contributed by atoms with van der Waals surface area (Å²) in [5.74, 6) is -0.0941. The topological polar surface area (TPSA) is 72.9 Å². The van der Waals surface area contributed by atoms with E-state index in [0.717, 1.165) is 12.8 Å². The SMILES string of the molecule is CC(=O)c1cccc(S(=O)(=O)N2CCC[C@@H](C3OCCO3)C2)c1. The lowest BCUT2D eigenvalue weighted by atomic mass is 9.99. The molecule has 0 amide bonds. The maximum Gasteiger partial charge on any atom is 0.243 e. The molecule has 1 aromatic rings. The summed E-state index contributed by atoms with van der Waals surface area (Å²) in [5.41, 5.74) is 0.405. The van der Waals surface area contributed by atoms with E-state index >= 15 is 0 Å². The molecule has 2 fully saturated rings. The highest BCUT2D eigenvalue weighted by atomic mass is 32.2. The molecule has 0 saturated carbocycles. The summed E-state index contributed by atoms with van der Waals surface area (Å²) >= 11 is 0. The van der Waals surface area contributed by atoms with Gasteiger partial charge in [0.15, 0.2) is 12.1 Å².